The molecule has 10 nitrogen and oxygen atoms in total. The van der Waals surface area contributed by atoms with Gasteiger partial charge in [-0.2, -0.15) is 0 Å². The lowest BCUT2D eigenvalue weighted by atomic mass is 10.1. The molecular weight excluding hydrogens is 316 g/mol. The first-order chi connectivity index (χ1) is 11.3. The van der Waals surface area contributed by atoms with Crippen molar-refractivity contribution in [3.8, 4) is 0 Å². The second-order valence-corrected chi connectivity index (χ2v) is 5.42. The molecule has 0 aliphatic carbocycles. The molecule has 2 atom stereocenters. The van der Waals surface area contributed by atoms with E-state index in [1.807, 2.05) is 0 Å². The van der Waals surface area contributed by atoms with Crippen LogP contribution in [-0.2, 0) is 14.4 Å². The van der Waals surface area contributed by atoms with Gasteiger partial charge in [0.05, 0.1) is 0 Å². The first-order valence-corrected chi connectivity index (χ1v) is 7.86. The molecule has 0 radical (unpaired) electrons. The Kier molecular flexibility index (Phi) is 10.9. The molecule has 0 saturated carbocycles. The van der Waals surface area contributed by atoms with E-state index >= 15 is 0 Å². The average Bonchev–Trinajstić information content (AvgIpc) is 2.48. The third-order valence-electron chi connectivity index (χ3n) is 3.24. The zero-order chi connectivity index (χ0) is 18.5. The monoisotopic (exact) mass is 344 g/mol. The summed E-state index contributed by atoms with van der Waals surface area (Å²) in [6, 6.07) is -1.86. The normalized spacial score (nSPS) is 12.8. The number of guanidine groups is 1. The SMILES string of the molecule is CC(=O)N[C@@H](CCCCN)C(=O)N[C@@H](CCCNC(=N)N)C(=O)O. The van der Waals surface area contributed by atoms with E-state index in [2.05, 4.69) is 16.0 Å². The zero-order valence-corrected chi connectivity index (χ0v) is 13.9. The van der Waals surface area contributed by atoms with Crippen molar-refractivity contribution in [1.29, 1.82) is 5.41 Å². The van der Waals surface area contributed by atoms with Crippen molar-refractivity contribution in [3.63, 3.8) is 0 Å². The van der Waals surface area contributed by atoms with Gasteiger partial charge in [0.15, 0.2) is 5.96 Å². The largest absolute Gasteiger partial charge is 0.480 e. The summed E-state index contributed by atoms with van der Waals surface area (Å²) < 4.78 is 0. The van der Waals surface area contributed by atoms with Crippen LogP contribution in [0.5, 0.6) is 0 Å². The van der Waals surface area contributed by atoms with Gasteiger partial charge in [0.25, 0.3) is 0 Å². The van der Waals surface area contributed by atoms with Crippen LogP contribution in [0.25, 0.3) is 0 Å². The molecule has 0 aromatic rings. The summed E-state index contributed by atoms with van der Waals surface area (Å²) in [5.74, 6) is -2.25. The van der Waals surface area contributed by atoms with Crippen molar-refractivity contribution >= 4 is 23.7 Å². The standard InChI is InChI=1S/C14H28N6O4/c1-9(21)19-10(5-2-3-7-15)12(22)20-11(13(23)24)6-4-8-18-14(16)17/h10-11H,2-8,15H2,1H3,(H,19,21)(H,20,22)(H,23,24)(H4,16,17,18)/t10-,11-/m0/s1. The Morgan fingerprint density at radius 2 is 1.71 bits per heavy atom. The van der Waals surface area contributed by atoms with Crippen LogP contribution in [0.3, 0.4) is 0 Å². The molecule has 10 heteroatoms. The fraction of sp³-hybridized carbons (Fsp3) is 0.714. The van der Waals surface area contributed by atoms with Crippen molar-refractivity contribution < 1.29 is 19.5 Å². The summed E-state index contributed by atoms with van der Waals surface area (Å²) in [4.78, 5) is 34.7. The van der Waals surface area contributed by atoms with Gasteiger partial charge in [0.1, 0.15) is 12.1 Å². The molecule has 0 rings (SSSR count). The van der Waals surface area contributed by atoms with Gasteiger partial charge in [0.2, 0.25) is 11.8 Å². The molecule has 0 heterocycles. The molecule has 138 valence electrons. The number of carboxylic acid groups (broad SMARTS) is 1. The summed E-state index contributed by atoms with van der Waals surface area (Å²) in [5, 5.41) is 23.7. The first kappa shape index (κ1) is 21.6. The maximum atomic E-state index is 12.2. The molecule has 0 aromatic heterocycles. The summed E-state index contributed by atoms with van der Waals surface area (Å²) in [6.45, 7) is 2.11. The van der Waals surface area contributed by atoms with Crippen LogP contribution in [0.1, 0.15) is 39.0 Å². The molecule has 0 aliphatic rings. The third-order valence-corrected chi connectivity index (χ3v) is 3.24. The van der Waals surface area contributed by atoms with E-state index in [-0.39, 0.29) is 18.3 Å². The number of carboxylic acids is 1. The van der Waals surface area contributed by atoms with E-state index in [1.165, 1.54) is 6.92 Å². The van der Waals surface area contributed by atoms with E-state index in [9.17, 15) is 19.5 Å². The van der Waals surface area contributed by atoms with Gasteiger partial charge in [-0.15, -0.1) is 0 Å². The Morgan fingerprint density at radius 1 is 1.08 bits per heavy atom. The first-order valence-electron chi connectivity index (χ1n) is 7.86. The Hall–Kier alpha value is -2.36. The quantitative estimate of drug-likeness (QED) is 0.127. The number of carbonyl (C=O) groups excluding carboxylic acids is 2. The Labute approximate surface area is 141 Å². The molecule has 0 fully saturated rings. The number of amides is 2. The van der Waals surface area contributed by atoms with Crippen LogP contribution < -0.4 is 27.4 Å². The number of hydrogen-bond acceptors (Lipinski definition) is 5. The van der Waals surface area contributed by atoms with Gasteiger partial charge in [-0.25, -0.2) is 4.79 Å². The lowest BCUT2D eigenvalue weighted by Crippen LogP contribution is -2.51. The Balaban J connectivity index is 4.57. The van der Waals surface area contributed by atoms with Crippen LogP contribution in [0.4, 0.5) is 0 Å². The van der Waals surface area contributed by atoms with Crippen molar-refractivity contribution in [2.24, 2.45) is 11.5 Å². The van der Waals surface area contributed by atoms with Gasteiger partial charge < -0.3 is 32.5 Å². The number of nitrogens with one attached hydrogen (secondary N) is 4. The highest BCUT2D eigenvalue weighted by molar-refractivity contribution is 5.89. The van der Waals surface area contributed by atoms with Crippen LogP contribution >= 0.6 is 0 Å². The fourth-order valence-electron chi connectivity index (χ4n) is 2.07. The second-order valence-electron chi connectivity index (χ2n) is 5.42. The lowest BCUT2D eigenvalue weighted by Gasteiger charge is -2.21. The molecule has 9 N–H and O–H groups in total. The average molecular weight is 344 g/mol. The Bertz CT molecular complexity index is 443. The molecule has 0 saturated heterocycles. The van der Waals surface area contributed by atoms with Crippen LogP contribution in [-0.4, -0.2) is 54.0 Å². The number of unbranched alkanes of at least 4 members (excludes halogenated alkanes) is 1. The number of rotatable bonds is 12. The fourth-order valence-corrected chi connectivity index (χ4v) is 2.07. The molecule has 0 unspecified atom stereocenters. The minimum atomic E-state index is -1.16. The van der Waals surface area contributed by atoms with Crippen LogP contribution in [0.15, 0.2) is 0 Å². The van der Waals surface area contributed by atoms with Crippen molar-refractivity contribution in [2.45, 2.75) is 51.1 Å². The molecule has 24 heavy (non-hydrogen) atoms. The number of nitrogens with two attached hydrogens (primary N) is 2. The molecular formula is C14H28N6O4. The number of aliphatic carboxylic acids is 1. The predicted octanol–water partition coefficient (Wildman–Crippen LogP) is -1.55. The van der Waals surface area contributed by atoms with E-state index in [0.29, 0.717) is 38.8 Å². The van der Waals surface area contributed by atoms with Gasteiger partial charge in [-0.3, -0.25) is 15.0 Å². The molecule has 0 bridgehead atoms. The summed E-state index contributed by atoms with van der Waals surface area (Å²) in [5.41, 5.74) is 10.5. The van der Waals surface area contributed by atoms with Crippen molar-refractivity contribution in [2.75, 3.05) is 13.1 Å². The van der Waals surface area contributed by atoms with Gasteiger partial charge in [-0.1, -0.05) is 0 Å². The van der Waals surface area contributed by atoms with E-state index < -0.39 is 24.0 Å². The number of carbonyl (C=O) groups is 3. The van der Waals surface area contributed by atoms with Crippen LogP contribution in [0, 0.1) is 5.41 Å². The summed E-state index contributed by atoms with van der Waals surface area (Å²) in [6.07, 6.45) is 2.34. The highest BCUT2D eigenvalue weighted by Crippen LogP contribution is 2.04. The topological polar surface area (TPSA) is 183 Å². The minimum absolute atomic E-state index is 0.178. The van der Waals surface area contributed by atoms with Gasteiger partial charge in [0, 0.05) is 13.5 Å². The summed E-state index contributed by atoms with van der Waals surface area (Å²) >= 11 is 0. The second kappa shape index (κ2) is 12.1. The van der Waals surface area contributed by atoms with Crippen molar-refractivity contribution in [3.05, 3.63) is 0 Å². The third kappa shape index (κ3) is 10.4. The maximum Gasteiger partial charge on any atom is 0.326 e. The lowest BCUT2D eigenvalue weighted by molar-refractivity contribution is -0.142. The van der Waals surface area contributed by atoms with E-state index in [1.54, 1.807) is 0 Å². The molecule has 0 aliphatic heterocycles. The summed E-state index contributed by atoms with van der Waals surface area (Å²) in [7, 11) is 0. The van der Waals surface area contributed by atoms with Crippen LogP contribution in [0.2, 0.25) is 0 Å². The maximum absolute atomic E-state index is 12.2. The molecule has 0 spiro atoms. The Morgan fingerprint density at radius 3 is 2.21 bits per heavy atom. The molecule has 2 amide bonds. The predicted molar refractivity (Wildman–Crippen MR) is 89.2 cm³/mol. The van der Waals surface area contributed by atoms with E-state index in [4.69, 9.17) is 16.9 Å². The highest BCUT2D eigenvalue weighted by atomic mass is 16.4. The van der Waals surface area contributed by atoms with E-state index in [0.717, 1.165) is 0 Å². The van der Waals surface area contributed by atoms with Crippen molar-refractivity contribution in [1.82, 2.24) is 16.0 Å². The minimum Gasteiger partial charge on any atom is -0.480 e. The van der Waals surface area contributed by atoms with Gasteiger partial charge >= 0.3 is 5.97 Å². The number of hydrogen-bond donors (Lipinski definition) is 7. The molecule has 0 aromatic carbocycles. The highest BCUT2D eigenvalue weighted by Gasteiger charge is 2.25. The smallest absolute Gasteiger partial charge is 0.326 e. The van der Waals surface area contributed by atoms with Gasteiger partial charge in [-0.05, 0) is 38.6 Å². The zero-order valence-electron chi connectivity index (χ0n) is 13.9.